The molecule has 6 heteroatoms. The van der Waals surface area contributed by atoms with E-state index in [1.54, 1.807) is 6.92 Å². The summed E-state index contributed by atoms with van der Waals surface area (Å²) in [4.78, 5) is 39.2. The molecule has 0 aromatic rings. The second-order valence-corrected chi connectivity index (χ2v) is 7.63. The fraction of sp³-hybridized carbons (Fsp3) is 0.850. The van der Waals surface area contributed by atoms with E-state index in [9.17, 15) is 14.4 Å². The maximum atomic E-state index is 12.9. The van der Waals surface area contributed by atoms with E-state index in [0.717, 1.165) is 45.2 Å². The number of ether oxygens (including phenoxy) is 2. The Kier molecular flexibility index (Phi) is 7.47. The van der Waals surface area contributed by atoms with E-state index in [2.05, 4.69) is 0 Å². The van der Waals surface area contributed by atoms with Crippen molar-refractivity contribution in [3.63, 3.8) is 0 Å². The van der Waals surface area contributed by atoms with Crippen LogP contribution in [0.4, 0.5) is 0 Å². The average molecular weight is 367 g/mol. The molecule has 26 heavy (non-hydrogen) atoms. The van der Waals surface area contributed by atoms with Gasteiger partial charge in [-0.05, 0) is 51.4 Å². The van der Waals surface area contributed by atoms with Crippen LogP contribution in [-0.4, -0.2) is 49.6 Å². The highest BCUT2D eigenvalue weighted by Gasteiger charge is 2.53. The lowest BCUT2D eigenvalue weighted by Gasteiger charge is -2.37. The molecule has 2 rings (SSSR count). The summed E-state index contributed by atoms with van der Waals surface area (Å²) in [5, 5.41) is 0. The lowest BCUT2D eigenvalue weighted by molar-refractivity contribution is -0.159. The van der Waals surface area contributed by atoms with Gasteiger partial charge < -0.3 is 14.4 Å². The Balaban J connectivity index is 2.10. The van der Waals surface area contributed by atoms with Crippen molar-refractivity contribution in [3.8, 4) is 0 Å². The molecule has 3 unspecified atom stereocenters. The molecule has 6 nitrogen and oxygen atoms in total. The van der Waals surface area contributed by atoms with Crippen molar-refractivity contribution in [2.75, 3.05) is 26.8 Å². The Morgan fingerprint density at radius 1 is 1.19 bits per heavy atom. The molecule has 1 amide bonds. The highest BCUT2D eigenvalue weighted by atomic mass is 16.5. The Morgan fingerprint density at radius 3 is 2.50 bits per heavy atom. The lowest BCUT2D eigenvalue weighted by Crippen LogP contribution is -2.44. The molecule has 148 valence electrons. The van der Waals surface area contributed by atoms with Gasteiger partial charge in [-0.25, -0.2) is 0 Å². The minimum Gasteiger partial charge on any atom is -0.469 e. The zero-order valence-electron chi connectivity index (χ0n) is 16.4. The van der Waals surface area contributed by atoms with E-state index in [4.69, 9.17) is 9.47 Å². The lowest BCUT2D eigenvalue weighted by atomic mass is 9.68. The third kappa shape index (κ3) is 4.38. The van der Waals surface area contributed by atoms with Gasteiger partial charge in [0.2, 0.25) is 5.91 Å². The molecule has 1 aliphatic carbocycles. The van der Waals surface area contributed by atoms with Gasteiger partial charge in [-0.15, -0.1) is 0 Å². The minimum absolute atomic E-state index is 0.0229. The van der Waals surface area contributed by atoms with Gasteiger partial charge in [0.15, 0.2) is 0 Å². The van der Waals surface area contributed by atoms with E-state index in [1.165, 1.54) is 7.11 Å². The summed E-state index contributed by atoms with van der Waals surface area (Å²) < 4.78 is 10.1. The maximum absolute atomic E-state index is 12.9. The van der Waals surface area contributed by atoms with Crippen LogP contribution < -0.4 is 0 Å². The quantitative estimate of drug-likeness (QED) is 0.617. The van der Waals surface area contributed by atoms with Crippen molar-refractivity contribution in [3.05, 3.63) is 0 Å². The predicted octanol–water partition coefficient (Wildman–Crippen LogP) is 2.94. The number of hydrogen-bond donors (Lipinski definition) is 0. The summed E-state index contributed by atoms with van der Waals surface area (Å²) in [6, 6.07) is 0. The Hall–Kier alpha value is -1.59. The summed E-state index contributed by atoms with van der Waals surface area (Å²) in [6.45, 7) is 5.76. The summed E-state index contributed by atoms with van der Waals surface area (Å²) in [7, 11) is 1.41. The summed E-state index contributed by atoms with van der Waals surface area (Å²) in [6.07, 6.45) is 6.07. The maximum Gasteiger partial charge on any atom is 0.312 e. The van der Waals surface area contributed by atoms with Crippen LogP contribution in [0.5, 0.6) is 0 Å². The molecule has 1 heterocycles. The first-order valence-corrected chi connectivity index (χ1v) is 9.99. The third-order valence-corrected chi connectivity index (χ3v) is 6.16. The van der Waals surface area contributed by atoms with E-state index < -0.39 is 5.41 Å². The molecule has 0 aromatic heterocycles. The molecule has 0 aromatic carbocycles. The van der Waals surface area contributed by atoms with Gasteiger partial charge in [-0.3, -0.25) is 14.4 Å². The molecular weight excluding hydrogens is 334 g/mol. The number of methoxy groups -OCH3 is 1. The SMILES string of the molecule is CCOC(=O)CCCC1(C(=O)OC)CCCC1C(C)C(=O)N1CCCC1. The van der Waals surface area contributed by atoms with Crippen molar-refractivity contribution in [1.82, 2.24) is 4.90 Å². The molecule has 1 aliphatic heterocycles. The van der Waals surface area contributed by atoms with Crippen molar-refractivity contribution < 1.29 is 23.9 Å². The highest BCUT2D eigenvalue weighted by molar-refractivity contribution is 5.82. The van der Waals surface area contributed by atoms with Crippen LogP contribution in [0.2, 0.25) is 0 Å². The van der Waals surface area contributed by atoms with Crippen LogP contribution in [0.25, 0.3) is 0 Å². The minimum atomic E-state index is -0.657. The fourth-order valence-corrected chi connectivity index (χ4v) is 4.88. The second kappa shape index (κ2) is 9.38. The summed E-state index contributed by atoms with van der Waals surface area (Å²) >= 11 is 0. The van der Waals surface area contributed by atoms with Crippen molar-refractivity contribution in [2.45, 2.75) is 65.2 Å². The van der Waals surface area contributed by atoms with Crippen LogP contribution in [0.15, 0.2) is 0 Å². The molecule has 0 bridgehead atoms. The van der Waals surface area contributed by atoms with Crippen molar-refractivity contribution >= 4 is 17.8 Å². The van der Waals surface area contributed by atoms with E-state index in [1.807, 2.05) is 11.8 Å². The van der Waals surface area contributed by atoms with Crippen LogP contribution >= 0.6 is 0 Å². The first kappa shape index (κ1) is 20.7. The van der Waals surface area contributed by atoms with Gasteiger partial charge in [0.25, 0.3) is 0 Å². The zero-order valence-corrected chi connectivity index (χ0v) is 16.4. The number of rotatable bonds is 8. The van der Waals surface area contributed by atoms with Crippen molar-refractivity contribution in [1.29, 1.82) is 0 Å². The molecule has 0 spiro atoms. The van der Waals surface area contributed by atoms with E-state index >= 15 is 0 Å². The molecule has 0 radical (unpaired) electrons. The molecule has 0 N–H and O–H groups in total. The van der Waals surface area contributed by atoms with Gasteiger partial charge in [0, 0.05) is 25.4 Å². The smallest absolute Gasteiger partial charge is 0.312 e. The second-order valence-electron chi connectivity index (χ2n) is 7.63. The first-order chi connectivity index (χ1) is 12.5. The number of carbonyl (C=O) groups excluding carboxylic acids is 3. The molecular formula is C20H33NO5. The predicted molar refractivity (Wildman–Crippen MR) is 97.3 cm³/mol. The largest absolute Gasteiger partial charge is 0.469 e. The zero-order chi connectivity index (χ0) is 19.2. The standard InChI is InChI=1S/C20H33NO5/c1-4-26-17(22)10-8-12-20(19(24)25-3)11-7-9-16(20)15(2)18(23)21-13-5-6-14-21/h15-16H,4-14H2,1-3H3. The van der Waals surface area contributed by atoms with Gasteiger partial charge in [0.05, 0.1) is 19.1 Å². The molecule has 3 atom stereocenters. The number of amides is 1. The number of likely N-dealkylation sites (tertiary alicyclic amines) is 1. The van der Waals surface area contributed by atoms with E-state index in [-0.39, 0.29) is 29.7 Å². The number of nitrogens with zero attached hydrogens (tertiary/aromatic N) is 1. The number of hydrogen-bond acceptors (Lipinski definition) is 5. The third-order valence-electron chi connectivity index (χ3n) is 6.16. The topological polar surface area (TPSA) is 72.9 Å². The Morgan fingerprint density at radius 2 is 1.88 bits per heavy atom. The molecule has 2 aliphatic rings. The van der Waals surface area contributed by atoms with Gasteiger partial charge >= 0.3 is 11.9 Å². The first-order valence-electron chi connectivity index (χ1n) is 9.99. The fourth-order valence-electron chi connectivity index (χ4n) is 4.88. The number of carbonyl (C=O) groups is 3. The molecule has 2 fully saturated rings. The summed E-state index contributed by atoms with van der Waals surface area (Å²) in [5.41, 5.74) is -0.657. The normalized spacial score (nSPS) is 26.6. The van der Waals surface area contributed by atoms with Crippen molar-refractivity contribution in [2.24, 2.45) is 17.3 Å². The molecule has 1 saturated carbocycles. The van der Waals surface area contributed by atoms with Crippen LogP contribution in [-0.2, 0) is 23.9 Å². The van der Waals surface area contributed by atoms with Crippen LogP contribution in [0.3, 0.4) is 0 Å². The molecule has 1 saturated heterocycles. The Labute approximate surface area is 156 Å². The monoisotopic (exact) mass is 367 g/mol. The Bertz CT molecular complexity index is 514. The highest BCUT2D eigenvalue weighted by Crippen LogP contribution is 2.51. The van der Waals surface area contributed by atoms with Gasteiger partial charge in [-0.1, -0.05) is 13.3 Å². The van der Waals surface area contributed by atoms with Gasteiger partial charge in [0.1, 0.15) is 0 Å². The average Bonchev–Trinajstić information content (AvgIpc) is 3.30. The summed E-state index contributed by atoms with van der Waals surface area (Å²) in [5.74, 6) is -0.524. The van der Waals surface area contributed by atoms with Crippen LogP contribution in [0, 0.1) is 17.3 Å². The number of esters is 2. The van der Waals surface area contributed by atoms with E-state index in [0.29, 0.717) is 25.9 Å². The van der Waals surface area contributed by atoms with Gasteiger partial charge in [-0.2, -0.15) is 0 Å². The van der Waals surface area contributed by atoms with Crippen LogP contribution in [0.1, 0.15) is 65.2 Å².